The molecule has 16 heavy (non-hydrogen) atoms. The van der Waals surface area contributed by atoms with E-state index in [4.69, 9.17) is 4.74 Å². The molecule has 3 rings (SSSR count). The summed E-state index contributed by atoms with van der Waals surface area (Å²) in [6.45, 7) is 0.0996. The molecular formula is C14H18O2. The summed E-state index contributed by atoms with van der Waals surface area (Å²) in [5, 5.41) is 9.52. The molecule has 0 heterocycles. The van der Waals surface area contributed by atoms with Gasteiger partial charge >= 0.3 is 0 Å². The van der Waals surface area contributed by atoms with E-state index in [2.05, 4.69) is 6.07 Å². The topological polar surface area (TPSA) is 29.5 Å². The van der Waals surface area contributed by atoms with E-state index in [9.17, 15) is 5.11 Å². The second kappa shape index (κ2) is 3.49. The minimum atomic E-state index is 0.0996. The Balaban J connectivity index is 2.15. The number of methoxy groups -OCH3 is 1. The summed E-state index contributed by atoms with van der Waals surface area (Å²) in [5.74, 6) is 0.846. The number of hydrogen-bond acceptors (Lipinski definition) is 2. The van der Waals surface area contributed by atoms with Crippen LogP contribution in [0.3, 0.4) is 0 Å². The van der Waals surface area contributed by atoms with Crippen LogP contribution in [0.5, 0.6) is 5.75 Å². The fraction of sp³-hybridized carbons (Fsp3) is 0.571. The van der Waals surface area contributed by atoms with Gasteiger partial charge in [0.1, 0.15) is 5.75 Å². The van der Waals surface area contributed by atoms with Crippen molar-refractivity contribution in [1.29, 1.82) is 0 Å². The van der Waals surface area contributed by atoms with E-state index < -0.39 is 0 Å². The molecule has 1 N–H and O–H groups in total. The highest BCUT2D eigenvalue weighted by molar-refractivity contribution is 5.51. The predicted octanol–water partition coefficient (Wildman–Crippen LogP) is 2.56. The molecule has 1 spiro atoms. The van der Waals surface area contributed by atoms with Crippen LogP contribution in [0.15, 0.2) is 12.1 Å². The quantitative estimate of drug-likeness (QED) is 0.826. The van der Waals surface area contributed by atoms with E-state index in [-0.39, 0.29) is 6.61 Å². The predicted molar refractivity (Wildman–Crippen MR) is 62.8 cm³/mol. The van der Waals surface area contributed by atoms with E-state index in [0.717, 1.165) is 17.7 Å². The maximum Gasteiger partial charge on any atom is 0.124 e. The van der Waals surface area contributed by atoms with E-state index in [1.54, 1.807) is 7.11 Å². The van der Waals surface area contributed by atoms with Gasteiger partial charge in [0.05, 0.1) is 13.7 Å². The summed E-state index contributed by atoms with van der Waals surface area (Å²) in [7, 11) is 1.68. The Morgan fingerprint density at radius 3 is 2.75 bits per heavy atom. The molecule has 0 unspecified atom stereocenters. The first-order valence-electron chi connectivity index (χ1n) is 6.11. The Kier molecular flexibility index (Phi) is 2.21. The lowest BCUT2D eigenvalue weighted by molar-refractivity contribution is 0.271. The number of fused-ring (bicyclic) bond motifs is 2. The molecule has 2 aliphatic carbocycles. The lowest BCUT2D eigenvalue weighted by atomic mass is 9.78. The van der Waals surface area contributed by atoms with Crippen molar-refractivity contribution < 1.29 is 9.84 Å². The number of aliphatic hydroxyl groups is 1. The van der Waals surface area contributed by atoms with Gasteiger partial charge in [0.15, 0.2) is 0 Å². The van der Waals surface area contributed by atoms with Crippen molar-refractivity contribution in [2.45, 2.75) is 44.1 Å². The summed E-state index contributed by atoms with van der Waals surface area (Å²) >= 11 is 0. The number of ether oxygens (including phenoxy) is 1. The Bertz CT molecular complexity index is 419. The fourth-order valence-corrected chi connectivity index (χ4v) is 3.23. The van der Waals surface area contributed by atoms with Gasteiger partial charge in [0, 0.05) is 5.56 Å². The molecule has 0 saturated heterocycles. The Morgan fingerprint density at radius 1 is 1.31 bits per heavy atom. The molecule has 0 atom stereocenters. The van der Waals surface area contributed by atoms with E-state index >= 15 is 0 Å². The third-order valence-electron chi connectivity index (χ3n) is 4.27. The maximum absolute atomic E-state index is 9.52. The molecule has 1 fully saturated rings. The largest absolute Gasteiger partial charge is 0.496 e. The van der Waals surface area contributed by atoms with Gasteiger partial charge in [0.2, 0.25) is 0 Å². The van der Waals surface area contributed by atoms with Crippen LogP contribution in [-0.2, 0) is 18.4 Å². The molecule has 86 valence electrons. The normalized spacial score (nSPS) is 20.6. The molecule has 0 aromatic heterocycles. The molecule has 0 bridgehead atoms. The van der Waals surface area contributed by atoms with Crippen molar-refractivity contribution in [3.63, 3.8) is 0 Å². The molecule has 1 aromatic rings. The summed E-state index contributed by atoms with van der Waals surface area (Å²) in [6.07, 6.45) is 6.35. The van der Waals surface area contributed by atoms with Crippen molar-refractivity contribution in [2.75, 3.05) is 7.11 Å². The van der Waals surface area contributed by atoms with E-state index in [1.165, 1.54) is 36.8 Å². The van der Waals surface area contributed by atoms with Crippen LogP contribution in [0.4, 0.5) is 0 Å². The first kappa shape index (κ1) is 10.2. The van der Waals surface area contributed by atoms with Crippen molar-refractivity contribution in [2.24, 2.45) is 0 Å². The van der Waals surface area contributed by atoms with Gasteiger partial charge in [-0.3, -0.25) is 0 Å². The Morgan fingerprint density at radius 2 is 2.12 bits per heavy atom. The van der Waals surface area contributed by atoms with Crippen molar-refractivity contribution in [3.8, 4) is 5.75 Å². The van der Waals surface area contributed by atoms with Gasteiger partial charge in [-0.05, 0) is 54.7 Å². The Hall–Kier alpha value is -1.02. The van der Waals surface area contributed by atoms with Gasteiger partial charge in [-0.1, -0.05) is 6.07 Å². The van der Waals surface area contributed by atoms with Crippen LogP contribution in [-0.4, -0.2) is 12.2 Å². The van der Waals surface area contributed by atoms with Crippen LogP contribution < -0.4 is 4.74 Å². The van der Waals surface area contributed by atoms with Gasteiger partial charge in [-0.2, -0.15) is 0 Å². The van der Waals surface area contributed by atoms with Crippen molar-refractivity contribution >= 4 is 0 Å². The zero-order valence-electron chi connectivity index (χ0n) is 9.75. The van der Waals surface area contributed by atoms with Crippen molar-refractivity contribution in [3.05, 3.63) is 28.8 Å². The monoisotopic (exact) mass is 218 g/mol. The van der Waals surface area contributed by atoms with Gasteiger partial charge in [-0.25, -0.2) is 0 Å². The van der Waals surface area contributed by atoms with Crippen LogP contribution in [0.1, 0.15) is 42.4 Å². The second-order valence-electron chi connectivity index (χ2n) is 5.06. The number of hydrogen-bond donors (Lipinski definition) is 1. The molecule has 1 aromatic carbocycles. The fourth-order valence-electron chi connectivity index (χ4n) is 3.23. The Labute approximate surface area is 96.2 Å². The van der Waals surface area contributed by atoms with Gasteiger partial charge in [0.25, 0.3) is 0 Å². The third kappa shape index (κ3) is 1.29. The molecule has 2 nitrogen and oxygen atoms in total. The molecule has 0 radical (unpaired) electrons. The number of benzene rings is 1. The first-order chi connectivity index (χ1) is 7.80. The molecule has 0 amide bonds. The highest BCUT2D eigenvalue weighted by Crippen LogP contribution is 2.56. The summed E-state index contributed by atoms with van der Waals surface area (Å²) < 4.78 is 5.33. The smallest absolute Gasteiger partial charge is 0.124 e. The second-order valence-corrected chi connectivity index (χ2v) is 5.06. The molecule has 0 aliphatic heterocycles. The zero-order chi connectivity index (χ0) is 11.2. The van der Waals surface area contributed by atoms with Crippen molar-refractivity contribution in [1.82, 2.24) is 0 Å². The van der Waals surface area contributed by atoms with Crippen LogP contribution in [0.25, 0.3) is 0 Å². The van der Waals surface area contributed by atoms with Crippen LogP contribution in [0, 0.1) is 0 Å². The lowest BCUT2D eigenvalue weighted by Gasteiger charge is -2.28. The number of aliphatic hydroxyl groups excluding tert-OH is 1. The average molecular weight is 218 g/mol. The zero-order valence-corrected chi connectivity index (χ0v) is 9.75. The summed E-state index contributed by atoms with van der Waals surface area (Å²) in [6, 6.07) is 4.25. The molecule has 2 heteroatoms. The highest BCUT2D eigenvalue weighted by atomic mass is 16.5. The third-order valence-corrected chi connectivity index (χ3v) is 4.27. The van der Waals surface area contributed by atoms with Crippen LogP contribution in [0.2, 0.25) is 0 Å². The van der Waals surface area contributed by atoms with Gasteiger partial charge < -0.3 is 9.84 Å². The summed E-state index contributed by atoms with van der Waals surface area (Å²) in [4.78, 5) is 0. The maximum atomic E-state index is 9.52. The van der Waals surface area contributed by atoms with Gasteiger partial charge in [-0.15, -0.1) is 0 Å². The first-order valence-corrected chi connectivity index (χ1v) is 6.11. The lowest BCUT2D eigenvalue weighted by Crippen LogP contribution is -2.18. The highest BCUT2D eigenvalue weighted by Gasteiger charge is 2.47. The standard InChI is InChI=1S/C14H18O2/c1-16-13-5-4-12-10(11(13)9-15)3-2-6-14(12)7-8-14/h4-5,15H,2-3,6-9H2,1H3. The van der Waals surface area contributed by atoms with E-state index in [1.807, 2.05) is 6.07 Å². The average Bonchev–Trinajstić information content (AvgIpc) is 3.08. The van der Waals surface area contributed by atoms with E-state index in [0.29, 0.717) is 5.41 Å². The number of rotatable bonds is 2. The summed E-state index contributed by atoms with van der Waals surface area (Å²) in [5.41, 5.74) is 4.35. The molecule has 1 saturated carbocycles. The minimum absolute atomic E-state index is 0.0996. The minimum Gasteiger partial charge on any atom is -0.496 e. The molecular weight excluding hydrogens is 200 g/mol. The molecule has 2 aliphatic rings. The van der Waals surface area contributed by atoms with Crippen LogP contribution >= 0.6 is 0 Å². The SMILES string of the molecule is COc1ccc2c(c1CO)CCCC21CC1.